The molecule has 0 spiro atoms. The van der Waals surface area contributed by atoms with Gasteiger partial charge in [0.25, 0.3) is 0 Å². The van der Waals surface area contributed by atoms with Crippen molar-refractivity contribution in [3.05, 3.63) is 23.2 Å². The number of ether oxygens (including phenoxy) is 3. The molecule has 5 nitrogen and oxygen atoms in total. The molecule has 1 rings (SSSR count). The van der Waals surface area contributed by atoms with E-state index in [0.29, 0.717) is 29.7 Å². The molecule has 126 valence electrons. The topological polar surface area (TPSA) is 56.8 Å². The van der Waals surface area contributed by atoms with Crippen LogP contribution in [0.15, 0.2) is 18.2 Å². The van der Waals surface area contributed by atoms with Gasteiger partial charge in [-0.3, -0.25) is 0 Å². The third-order valence-electron chi connectivity index (χ3n) is 2.15. The van der Waals surface area contributed by atoms with Gasteiger partial charge in [0.05, 0.1) is 13.7 Å². The number of amides is 1. The zero-order chi connectivity index (χ0) is 17.2. The van der Waals surface area contributed by atoms with E-state index in [2.05, 4.69) is 5.32 Å². The van der Waals surface area contributed by atoms with Gasteiger partial charge in [0.2, 0.25) is 0 Å². The maximum atomic E-state index is 11.4. The molecule has 0 aliphatic heterocycles. The molecule has 0 saturated carbocycles. The highest BCUT2D eigenvalue weighted by atomic mass is 35.5. The summed E-state index contributed by atoms with van der Waals surface area (Å²) in [7, 11) is 1.54. The zero-order valence-corrected chi connectivity index (χ0v) is 14.9. The molecule has 0 bridgehead atoms. The lowest BCUT2D eigenvalue weighted by molar-refractivity contribution is 0.0520. The molecule has 1 aromatic rings. The van der Waals surface area contributed by atoms with Crippen LogP contribution in [0, 0.1) is 0 Å². The van der Waals surface area contributed by atoms with Crippen LogP contribution in [-0.4, -0.2) is 32.0 Å². The Bertz CT molecular complexity index is 458. The minimum atomic E-state index is -0.510. The molecule has 1 aromatic carbocycles. The molecule has 1 amide bonds. The molecule has 0 atom stereocenters. The van der Waals surface area contributed by atoms with Gasteiger partial charge in [-0.1, -0.05) is 25.4 Å². The van der Waals surface area contributed by atoms with Crippen molar-refractivity contribution in [3.63, 3.8) is 0 Å². The lowest BCUT2D eigenvalue weighted by Crippen LogP contribution is -2.34. The molecule has 0 heterocycles. The lowest BCUT2D eigenvalue weighted by atomic mass is 10.2. The number of alkyl carbamates (subject to hydrolysis) is 1. The molecular formula is C16H26ClNO4. The van der Waals surface area contributed by atoms with E-state index in [9.17, 15) is 4.79 Å². The smallest absolute Gasteiger partial charge is 0.407 e. The first-order chi connectivity index (χ1) is 10.3. The summed E-state index contributed by atoms with van der Waals surface area (Å²) in [5, 5.41) is 3.18. The molecule has 0 saturated heterocycles. The molecule has 0 radical (unpaired) electrons. The Morgan fingerprint density at radius 2 is 1.86 bits per heavy atom. The fourth-order valence-corrected chi connectivity index (χ4v) is 1.55. The molecule has 6 heteroatoms. The van der Waals surface area contributed by atoms with Gasteiger partial charge in [0.1, 0.15) is 12.2 Å². The van der Waals surface area contributed by atoms with Crippen molar-refractivity contribution in [1.82, 2.24) is 5.32 Å². The molecule has 0 fully saturated rings. The minimum Gasteiger partial charge on any atom is -0.493 e. The third kappa shape index (κ3) is 8.62. The fraction of sp³-hybridized carbons (Fsp3) is 0.562. The molecule has 0 unspecified atom stereocenters. The number of benzene rings is 1. The van der Waals surface area contributed by atoms with Gasteiger partial charge < -0.3 is 19.5 Å². The van der Waals surface area contributed by atoms with E-state index in [1.807, 2.05) is 34.6 Å². The summed E-state index contributed by atoms with van der Waals surface area (Å²) in [6, 6.07) is 5.09. The summed E-state index contributed by atoms with van der Waals surface area (Å²) in [5.74, 6) is 1.12. The normalized spacial score (nSPS) is 10.1. The Hall–Kier alpha value is -1.62. The minimum absolute atomic E-state index is 0.303. The van der Waals surface area contributed by atoms with E-state index in [-0.39, 0.29) is 0 Å². The Morgan fingerprint density at radius 1 is 1.23 bits per heavy atom. The summed E-state index contributed by atoms with van der Waals surface area (Å²) in [6.45, 7) is 10.1. The predicted octanol–water partition coefficient (Wildman–Crippen LogP) is 4.28. The SMILES string of the molecule is CC.COc1cc(Cl)ccc1OCCNC(=O)OC(C)(C)C. The van der Waals surface area contributed by atoms with Crippen LogP contribution >= 0.6 is 11.6 Å². The van der Waals surface area contributed by atoms with E-state index < -0.39 is 11.7 Å². The third-order valence-corrected chi connectivity index (χ3v) is 2.39. The van der Waals surface area contributed by atoms with E-state index in [1.54, 1.807) is 18.2 Å². The number of methoxy groups -OCH3 is 1. The second-order valence-corrected chi connectivity index (χ2v) is 5.51. The Labute approximate surface area is 137 Å². The van der Waals surface area contributed by atoms with Crippen LogP contribution in [0.2, 0.25) is 5.02 Å². The summed E-state index contributed by atoms with van der Waals surface area (Å²) in [6.07, 6.45) is -0.468. The summed E-state index contributed by atoms with van der Waals surface area (Å²) >= 11 is 5.85. The van der Waals surface area contributed by atoms with Crippen molar-refractivity contribution < 1.29 is 19.0 Å². The number of carbonyl (C=O) groups is 1. The second kappa shape index (κ2) is 10.2. The quantitative estimate of drug-likeness (QED) is 0.818. The van der Waals surface area contributed by atoms with Crippen LogP contribution in [0.4, 0.5) is 4.79 Å². The highest BCUT2D eigenvalue weighted by molar-refractivity contribution is 6.30. The van der Waals surface area contributed by atoms with Crippen molar-refractivity contribution in [3.8, 4) is 11.5 Å². The molecule has 0 aliphatic rings. The Kier molecular flexibility index (Phi) is 9.42. The first kappa shape index (κ1) is 20.4. The van der Waals surface area contributed by atoms with Crippen LogP contribution in [-0.2, 0) is 4.74 Å². The second-order valence-electron chi connectivity index (χ2n) is 5.07. The van der Waals surface area contributed by atoms with Crippen molar-refractivity contribution in [2.45, 2.75) is 40.2 Å². The average Bonchev–Trinajstić information content (AvgIpc) is 2.45. The standard InChI is InChI=1S/C14H20ClNO4.C2H6/c1-14(2,3)20-13(17)16-7-8-19-11-6-5-10(15)9-12(11)18-4;1-2/h5-6,9H,7-8H2,1-4H3,(H,16,17);1-2H3. The van der Waals surface area contributed by atoms with Crippen molar-refractivity contribution >= 4 is 17.7 Å². The summed E-state index contributed by atoms with van der Waals surface area (Å²) in [4.78, 5) is 11.4. The lowest BCUT2D eigenvalue weighted by Gasteiger charge is -2.19. The molecular weight excluding hydrogens is 306 g/mol. The van der Waals surface area contributed by atoms with Gasteiger partial charge in [0, 0.05) is 11.1 Å². The van der Waals surface area contributed by atoms with Crippen LogP contribution in [0.3, 0.4) is 0 Å². The van der Waals surface area contributed by atoms with E-state index in [0.717, 1.165) is 0 Å². The monoisotopic (exact) mass is 331 g/mol. The Balaban J connectivity index is 0.00000211. The average molecular weight is 332 g/mol. The number of rotatable bonds is 5. The summed E-state index contributed by atoms with van der Waals surface area (Å²) < 4.78 is 15.8. The van der Waals surface area contributed by atoms with Crippen molar-refractivity contribution in [2.24, 2.45) is 0 Å². The van der Waals surface area contributed by atoms with Gasteiger partial charge in [-0.05, 0) is 32.9 Å². The predicted molar refractivity (Wildman–Crippen MR) is 89.1 cm³/mol. The van der Waals surface area contributed by atoms with Gasteiger partial charge in [-0.15, -0.1) is 0 Å². The van der Waals surface area contributed by atoms with Gasteiger partial charge in [-0.25, -0.2) is 4.79 Å². The van der Waals surface area contributed by atoms with Crippen molar-refractivity contribution in [1.29, 1.82) is 0 Å². The zero-order valence-electron chi connectivity index (χ0n) is 14.2. The summed E-state index contributed by atoms with van der Waals surface area (Å²) in [5.41, 5.74) is -0.510. The van der Waals surface area contributed by atoms with Crippen LogP contribution in [0.25, 0.3) is 0 Å². The first-order valence-corrected chi connectivity index (χ1v) is 7.63. The van der Waals surface area contributed by atoms with E-state index >= 15 is 0 Å². The highest BCUT2D eigenvalue weighted by Crippen LogP contribution is 2.29. The molecule has 22 heavy (non-hydrogen) atoms. The molecule has 0 aliphatic carbocycles. The van der Waals surface area contributed by atoms with Gasteiger partial charge >= 0.3 is 6.09 Å². The maximum Gasteiger partial charge on any atom is 0.407 e. The first-order valence-electron chi connectivity index (χ1n) is 7.25. The van der Waals surface area contributed by atoms with Gasteiger partial charge in [0.15, 0.2) is 11.5 Å². The number of halogens is 1. The Morgan fingerprint density at radius 3 is 2.41 bits per heavy atom. The van der Waals surface area contributed by atoms with Crippen LogP contribution in [0.5, 0.6) is 11.5 Å². The molecule has 0 aromatic heterocycles. The van der Waals surface area contributed by atoms with Crippen LogP contribution < -0.4 is 14.8 Å². The van der Waals surface area contributed by atoms with Crippen LogP contribution in [0.1, 0.15) is 34.6 Å². The van der Waals surface area contributed by atoms with Crippen molar-refractivity contribution in [2.75, 3.05) is 20.3 Å². The van der Waals surface area contributed by atoms with Gasteiger partial charge in [-0.2, -0.15) is 0 Å². The highest BCUT2D eigenvalue weighted by Gasteiger charge is 2.15. The molecule has 1 N–H and O–H groups in total. The van der Waals surface area contributed by atoms with E-state index in [4.69, 9.17) is 25.8 Å². The number of carbonyl (C=O) groups excluding carboxylic acids is 1. The largest absolute Gasteiger partial charge is 0.493 e. The number of nitrogens with one attached hydrogen (secondary N) is 1. The number of hydrogen-bond acceptors (Lipinski definition) is 4. The number of hydrogen-bond donors (Lipinski definition) is 1. The maximum absolute atomic E-state index is 11.4. The van der Waals surface area contributed by atoms with E-state index in [1.165, 1.54) is 7.11 Å². The fourth-order valence-electron chi connectivity index (χ4n) is 1.39.